The fraction of sp³-hybridized carbons (Fsp3) is 0.571. The van der Waals surface area contributed by atoms with Gasteiger partial charge in [-0.25, -0.2) is 0 Å². The number of pyridine rings is 1. The van der Waals surface area contributed by atoms with Crippen LogP contribution in [0, 0.1) is 0 Å². The van der Waals surface area contributed by atoms with Crippen LogP contribution in [0.2, 0.25) is 0 Å². The maximum Gasteiger partial charge on any atom is 0.141 e. The highest BCUT2D eigenvalue weighted by Crippen LogP contribution is 2.07. The summed E-state index contributed by atoms with van der Waals surface area (Å²) >= 11 is 0. The summed E-state index contributed by atoms with van der Waals surface area (Å²) in [6.45, 7) is 4.44. The van der Waals surface area contributed by atoms with Crippen molar-refractivity contribution in [2.24, 2.45) is 0 Å². The van der Waals surface area contributed by atoms with E-state index in [1.165, 1.54) is 5.56 Å². The molecule has 1 N–H and O–H groups in total. The molecule has 1 fully saturated rings. The Kier molecular flexibility index (Phi) is 4.84. The zero-order valence-electron chi connectivity index (χ0n) is 10.8. The van der Waals surface area contributed by atoms with E-state index in [2.05, 4.69) is 17.2 Å². The molecule has 1 aliphatic rings. The highest BCUT2D eigenvalue weighted by molar-refractivity contribution is 5.80. The van der Waals surface area contributed by atoms with E-state index >= 15 is 0 Å². The number of Topliss-reactive ketones (excluding diaryl/α,β-unsaturated/α-hetero) is 1. The highest BCUT2D eigenvalue weighted by Gasteiger charge is 2.17. The summed E-state index contributed by atoms with van der Waals surface area (Å²) in [6.07, 6.45) is 3.74. The van der Waals surface area contributed by atoms with Gasteiger partial charge in [0.05, 0.1) is 12.7 Å². The summed E-state index contributed by atoms with van der Waals surface area (Å²) in [7, 11) is 0. The number of aryl methyl sites for hydroxylation is 1. The van der Waals surface area contributed by atoms with Crippen molar-refractivity contribution in [2.45, 2.75) is 32.3 Å². The van der Waals surface area contributed by atoms with Crippen molar-refractivity contribution in [3.8, 4) is 0 Å². The summed E-state index contributed by atoms with van der Waals surface area (Å²) < 4.78 is 5.52. The van der Waals surface area contributed by atoms with Gasteiger partial charge in [0.25, 0.3) is 0 Å². The lowest BCUT2D eigenvalue weighted by Gasteiger charge is -2.22. The molecule has 4 nitrogen and oxygen atoms in total. The van der Waals surface area contributed by atoms with E-state index < -0.39 is 0 Å². The molecule has 4 heteroatoms. The Morgan fingerprint density at radius 2 is 2.44 bits per heavy atom. The Morgan fingerprint density at radius 1 is 1.56 bits per heavy atom. The third-order valence-corrected chi connectivity index (χ3v) is 3.13. The van der Waals surface area contributed by atoms with Gasteiger partial charge in [0, 0.05) is 37.8 Å². The van der Waals surface area contributed by atoms with Crippen LogP contribution in [0.5, 0.6) is 0 Å². The Morgan fingerprint density at radius 3 is 3.06 bits per heavy atom. The van der Waals surface area contributed by atoms with Crippen LogP contribution in [0.4, 0.5) is 0 Å². The third-order valence-electron chi connectivity index (χ3n) is 3.13. The zero-order chi connectivity index (χ0) is 12.8. The molecule has 0 aliphatic carbocycles. The number of rotatable bonds is 5. The molecule has 0 aromatic carbocycles. The average Bonchev–Trinajstić information content (AvgIpc) is 2.40. The fourth-order valence-electron chi connectivity index (χ4n) is 2.05. The zero-order valence-corrected chi connectivity index (χ0v) is 10.8. The van der Waals surface area contributed by atoms with Crippen molar-refractivity contribution in [1.29, 1.82) is 0 Å². The van der Waals surface area contributed by atoms with Crippen molar-refractivity contribution in [3.63, 3.8) is 0 Å². The number of hydrogen-bond acceptors (Lipinski definition) is 4. The van der Waals surface area contributed by atoms with Crippen LogP contribution in [-0.2, 0) is 22.4 Å². The molecule has 1 unspecified atom stereocenters. The molecule has 1 atom stereocenters. The molecule has 1 aliphatic heterocycles. The Hall–Kier alpha value is -1.26. The molecule has 1 saturated heterocycles. The summed E-state index contributed by atoms with van der Waals surface area (Å²) in [5, 5.41) is 3.23. The van der Waals surface area contributed by atoms with Gasteiger partial charge in [-0.15, -0.1) is 0 Å². The quantitative estimate of drug-likeness (QED) is 0.849. The number of carbonyl (C=O) groups excluding carboxylic acids is 1. The van der Waals surface area contributed by atoms with Crippen molar-refractivity contribution in [1.82, 2.24) is 10.3 Å². The molecular weight excluding hydrogens is 228 g/mol. The summed E-state index contributed by atoms with van der Waals surface area (Å²) in [6, 6.07) is 3.98. The lowest BCUT2D eigenvalue weighted by atomic mass is 10.1. The van der Waals surface area contributed by atoms with Gasteiger partial charge in [0.2, 0.25) is 0 Å². The second-order valence-corrected chi connectivity index (χ2v) is 4.63. The van der Waals surface area contributed by atoms with Crippen LogP contribution in [0.15, 0.2) is 18.3 Å². The predicted octanol–water partition coefficient (Wildman–Crippen LogP) is 1.13. The normalized spacial score (nSPS) is 19.7. The molecular formula is C14H20N2O2. The van der Waals surface area contributed by atoms with Gasteiger partial charge >= 0.3 is 0 Å². The second-order valence-electron chi connectivity index (χ2n) is 4.63. The van der Waals surface area contributed by atoms with Crippen LogP contribution in [0.3, 0.4) is 0 Å². The molecule has 2 rings (SSSR count). The first-order valence-electron chi connectivity index (χ1n) is 6.55. The number of ether oxygens (including phenoxy) is 1. The number of morpholine rings is 1. The van der Waals surface area contributed by atoms with Crippen LogP contribution in [0.25, 0.3) is 0 Å². The van der Waals surface area contributed by atoms with Crippen LogP contribution < -0.4 is 5.32 Å². The number of hydrogen-bond donors (Lipinski definition) is 1. The van der Waals surface area contributed by atoms with Gasteiger partial charge in [-0.05, 0) is 18.1 Å². The number of nitrogens with one attached hydrogen (secondary N) is 1. The van der Waals surface area contributed by atoms with E-state index in [4.69, 9.17) is 4.74 Å². The van der Waals surface area contributed by atoms with Crippen molar-refractivity contribution in [3.05, 3.63) is 29.6 Å². The molecule has 0 amide bonds. The summed E-state index contributed by atoms with van der Waals surface area (Å²) in [4.78, 5) is 16.2. The van der Waals surface area contributed by atoms with E-state index in [0.717, 1.165) is 25.2 Å². The van der Waals surface area contributed by atoms with Crippen LogP contribution >= 0.6 is 0 Å². The molecule has 18 heavy (non-hydrogen) atoms. The summed E-state index contributed by atoms with van der Waals surface area (Å²) in [5.41, 5.74) is 2.05. The molecule has 2 heterocycles. The van der Waals surface area contributed by atoms with Crippen molar-refractivity contribution >= 4 is 5.78 Å². The molecule has 98 valence electrons. The number of carbonyl (C=O) groups is 1. The molecule has 0 saturated carbocycles. The first-order valence-corrected chi connectivity index (χ1v) is 6.55. The van der Waals surface area contributed by atoms with Gasteiger partial charge in [0.15, 0.2) is 0 Å². The third kappa shape index (κ3) is 3.89. The van der Waals surface area contributed by atoms with Crippen molar-refractivity contribution < 1.29 is 9.53 Å². The lowest BCUT2D eigenvalue weighted by molar-refractivity contribution is -0.121. The minimum atomic E-state index is 0.0289. The molecule has 0 spiro atoms. The lowest BCUT2D eigenvalue weighted by Crippen LogP contribution is -2.39. The minimum Gasteiger partial charge on any atom is -0.375 e. The fourth-order valence-corrected chi connectivity index (χ4v) is 2.05. The number of nitrogens with zero attached hydrogens (tertiary/aromatic N) is 1. The van der Waals surface area contributed by atoms with E-state index in [-0.39, 0.29) is 11.9 Å². The van der Waals surface area contributed by atoms with Crippen LogP contribution in [-0.4, -0.2) is 36.6 Å². The van der Waals surface area contributed by atoms with Gasteiger partial charge < -0.3 is 10.1 Å². The maximum absolute atomic E-state index is 11.9. The first-order chi connectivity index (χ1) is 8.78. The van der Waals surface area contributed by atoms with E-state index in [0.29, 0.717) is 19.4 Å². The minimum absolute atomic E-state index is 0.0289. The van der Waals surface area contributed by atoms with E-state index in [9.17, 15) is 4.79 Å². The van der Waals surface area contributed by atoms with E-state index in [1.54, 1.807) is 0 Å². The van der Waals surface area contributed by atoms with Gasteiger partial charge in [0.1, 0.15) is 5.78 Å². The SMILES string of the molecule is CCc1ccc(CC(=O)CC2CNCCO2)nc1. The molecule has 0 radical (unpaired) electrons. The van der Waals surface area contributed by atoms with Crippen LogP contribution in [0.1, 0.15) is 24.6 Å². The van der Waals surface area contributed by atoms with Gasteiger partial charge in [-0.3, -0.25) is 9.78 Å². The van der Waals surface area contributed by atoms with Crippen molar-refractivity contribution in [2.75, 3.05) is 19.7 Å². The Labute approximate surface area is 108 Å². The highest BCUT2D eigenvalue weighted by atomic mass is 16.5. The maximum atomic E-state index is 11.9. The first kappa shape index (κ1) is 13.2. The molecule has 1 aromatic rings. The smallest absolute Gasteiger partial charge is 0.141 e. The molecule has 0 bridgehead atoms. The predicted molar refractivity (Wildman–Crippen MR) is 69.6 cm³/mol. The largest absolute Gasteiger partial charge is 0.375 e. The number of ketones is 1. The van der Waals surface area contributed by atoms with Gasteiger partial charge in [-0.1, -0.05) is 13.0 Å². The van der Waals surface area contributed by atoms with Gasteiger partial charge in [-0.2, -0.15) is 0 Å². The summed E-state index contributed by atoms with van der Waals surface area (Å²) in [5.74, 6) is 0.195. The Balaban J connectivity index is 1.82. The standard InChI is InChI=1S/C14H20N2O2/c1-2-11-3-4-12(16-9-11)7-13(17)8-14-10-15-5-6-18-14/h3-4,9,14-15H,2,5-8,10H2,1H3. The number of aromatic nitrogens is 1. The second kappa shape index (κ2) is 6.61. The molecule has 1 aromatic heterocycles. The Bertz CT molecular complexity index is 383. The average molecular weight is 248 g/mol. The monoisotopic (exact) mass is 248 g/mol. The van der Waals surface area contributed by atoms with E-state index in [1.807, 2.05) is 18.3 Å². The topological polar surface area (TPSA) is 51.2 Å².